The van der Waals surface area contributed by atoms with E-state index in [1.54, 1.807) is 0 Å². The summed E-state index contributed by atoms with van der Waals surface area (Å²) in [5.41, 5.74) is 10.2. The van der Waals surface area contributed by atoms with Crippen LogP contribution in [0.1, 0.15) is 11.1 Å². The van der Waals surface area contributed by atoms with Crippen LogP contribution >= 0.6 is 0 Å². The molecule has 0 atom stereocenters. The normalized spacial score (nSPS) is 11.2. The highest BCUT2D eigenvalue weighted by atomic mass is 16.3. The number of hydrogen-bond acceptors (Lipinski definition) is 2. The summed E-state index contributed by atoms with van der Waals surface area (Å²) in [6.45, 7) is 0. The van der Waals surface area contributed by atoms with Crippen molar-refractivity contribution < 1.29 is 4.42 Å². The molecule has 0 unspecified atom stereocenters. The van der Waals surface area contributed by atoms with Crippen LogP contribution in [0.4, 0.5) is 17.1 Å². The fourth-order valence-corrected chi connectivity index (χ4v) is 5.33. The Morgan fingerprint density at radius 2 is 0.949 bits per heavy atom. The van der Waals surface area contributed by atoms with E-state index in [0.717, 1.165) is 45.4 Å². The lowest BCUT2D eigenvalue weighted by atomic mass is 10.00. The van der Waals surface area contributed by atoms with Crippen LogP contribution in [0.2, 0.25) is 0 Å². The van der Waals surface area contributed by atoms with Crippen molar-refractivity contribution >= 4 is 39.0 Å². The lowest BCUT2D eigenvalue weighted by molar-refractivity contribution is 0.669. The third-order valence-corrected chi connectivity index (χ3v) is 7.30. The molecule has 1 heterocycles. The van der Waals surface area contributed by atoms with Crippen LogP contribution in [0.25, 0.3) is 33.1 Å². The SMILES string of the molecule is c1ccc(Cc2ccc(-c3ccc(N(c4ccccc4)c4ccc5oc6ccccc6c5c4)cc3)cc2)cc1. The smallest absolute Gasteiger partial charge is 0.135 e. The molecule has 0 aliphatic heterocycles. The van der Waals surface area contributed by atoms with Gasteiger partial charge in [-0.1, -0.05) is 103 Å². The summed E-state index contributed by atoms with van der Waals surface area (Å²) in [6.07, 6.45) is 0.947. The molecule has 39 heavy (non-hydrogen) atoms. The minimum absolute atomic E-state index is 0.902. The molecule has 2 nitrogen and oxygen atoms in total. The molecule has 7 aromatic rings. The van der Waals surface area contributed by atoms with E-state index >= 15 is 0 Å². The summed E-state index contributed by atoms with van der Waals surface area (Å²) in [5, 5.41) is 2.25. The zero-order chi connectivity index (χ0) is 26.0. The molecule has 7 rings (SSSR count). The lowest BCUT2D eigenvalue weighted by Crippen LogP contribution is -2.09. The Morgan fingerprint density at radius 3 is 1.69 bits per heavy atom. The molecule has 186 valence electrons. The third kappa shape index (κ3) is 4.58. The van der Waals surface area contributed by atoms with E-state index in [-0.39, 0.29) is 0 Å². The summed E-state index contributed by atoms with van der Waals surface area (Å²) < 4.78 is 6.09. The second-order valence-corrected chi connectivity index (χ2v) is 9.86. The Kier molecular flexibility index (Phi) is 5.91. The largest absolute Gasteiger partial charge is 0.456 e. The lowest BCUT2D eigenvalue weighted by Gasteiger charge is -2.25. The van der Waals surface area contributed by atoms with Crippen molar-refractivity contribution in [1.82, 2.24) is 0 Å². The van der Waals surface area contributed by atoms with Crippen molar-refractivity contribution in [2.45, 2.75) is 6.42 Å². The predicted octanol–water partition coefficient (Wildman–Crippen LogP) is 10.3. The van der Waals surface area contributed by atoms with Crippen molar-refractivity contribution in [2.75, 3.05) is 4.90 Å². The van der Waals surface area contributed by atoms with Gasteiger partial charge in [0.05, 0.1) is 0 Å². The van der Waals surface area contributed by atoms with Crippen LogP contribution in [-0.4, -0.2) is 0 Å². The molecule has 0 spiro atoms. The van der Waals surface area contributed by atoms with Gasteiger partial charge in [-0.25, -0.2) is 0 Å². The molecule has 6 aromatic carbocycles. The standard InChI is InChI=1S/C37H27NO/c1-3-9-27(10-4-1)25-28-15-17-29(18-16-28)30-19-21-32(22-20-30)38(31-11-5-2-6-12-31)33-23-24-37-35(26-33)34-13-7-8-14-36(34)39-37/h1-24,26H,25H2. The number of hydrogen-bond donors (Lipinski definition) is 0. The molecule has 0 saturated carbocycles. The maximum absolute atomic E-state index is 6.09. The maximum atomic E-state index is 6.09. The first-order valence-electron chi connectivity index (χ1n) is 13.3. The van der Waals surface area contributed by atoms with Crippen molar-refractivity contribution in [2.24, 2.45) is 0 Å². The van der Waals surface area contributed by atoms with Gasteiger partial charge in [-0.15, -0.1) is 0 Å². The van der Waals surface area contributed by atoms with Crippen molar-refractivity contribution in [3.63, 3.8) is 0 Å². The Balaban J connectivity index is 1.22. The highest BCUT2D eigenvalue weighted by Gasteiger charge is 2.15. The van der Waals surface area contributed by atoms with Gasteiger partial charge in [-0.2, -0.15) is 0 Å². The summed E-state index contributed by atoms with van der Waals surface area (Å²) in [5.74, 6) is 0. The van der Waals surface area contributed by atoms with Crippen LogP contribution in [0.3, 0.4) is 0 Å². The number of benzene rings is 6. The number of para-hydroxylation sites is 2. The van der Waals surface area contributed by atoms with E-state index in [4.69, 9.17) is 4.42 Å². The average molecular weight is 502 g/mol. The second-order valence-electron chi connectivity index (χ2n) is 9.86. The van der Waals surface area contributed by atoms with Gasteiger partial charge in [-0.05, 0) is 77.2 Å². The second kappa shape index (κ2) is 10.00. The van der Waals surface area contributed by atoms with Gasteiger partial charge in [-0.3, -0.25) is 0 Å². The summed E-state index contributed by atoms with van der Waals surface area (Å²) in [6, 6.07) is 53.5. The number of fused-ring (bicyclic) bond motifs is 3. The van der Waals surface area contributed by atoms with Crippen LogP contribution < -0.4 is 4.90 Å². The first kappa shape index (κ1) is 23.1. The Morgan fingerprint density at radius 1 is 0.410 bits per heavy atom. The molecule has 1 aromatic heterocycles. The van der Waals surface area contributed by atoms with E-state index in [9.17, 15) is 0 Å². The van der Waals surface area contributed by atoms with Crippen LogP contribution in [0.5, 0.6) is 0 Å². The minimum Gasteiger partial charge on any atom is -0.456 e. The Labute approximate surface area is 228 Å². The zero-order valence-corrected chi connectivity index (χ0v) is 21.5. The topological polar surface area (TPSA) is 16.4 Å². The van der Waals surface area contributed by atoms with Gasteiger partial charge >= 0.3 is 0 Å². The molecule has 0 N–H and O–H groups in total. The fourth-order valence-electron chi connectivity index (χ4n) is 5.33. The molecule has 0 fully saturated rings. The summed E-state index contributed by atoms with van der Waals surface area (Å²) in [7, 11) is 0. The number of furan rings is 1. The van der Waals surface area contributed by atoms with Gasteiger partial charge in [0.15, 0.2) is 0 Å². The van der Waals surface area contributed by atoms with E-state index in [1.807, 2.05) is 12.1 Å². The molecule has 0 saturated heterocycles. The highest BCUT2D eigenvalue weighted by Crippen LogP contribution is 2.39. The molecular formula is C37H27NO. The quantitative estimate of drug-likeness (QED) is 0.225. The molecule has 0 radical (unpaired) electrons. The van der Waals surface area contributed by atoms with E-state index in [1.165, 1.54) is 22.3 Å². The van der Waals surface area contributed by atoms with E-state index in [0.29, 0.717) is 0 Å². The minimum atomic E-state index is 0.902. The highest BCUT2D eigenvalue weighted by molar-refractivity contribution is 6.06. The predicted molar refractivity (Wildman–Crippen MR) is 163 cm³/mol. The van der Waals surface area contributed by atoms with E-state index in [2.05, 4.69) is 144 Å². The van der Waals surface area contributed by atoms with Gasteiger partial charge in [0.1, 0.15) is 11.2 Å². The Bertz CT molecular complexity index is 1850. The number of rotatable bonds is 6. The van der Waals surface area contributed by atoms with E-state index < -0.39 is 0 Å². The molecule has 0 aliphatic carbocycles. The van der Waals surface area contributed by atoms with Crippen molar-refractivity contribution in [1.29, 1.82) is 0 Å². The van der Waals surface area contributed by atoms with Crippen LogP contribution in [-0.2, 0) is 6.42 Å². The first-order valence-corrected chi connectivity index (χ1v) is 13.3. The average Bonchev–Trinajstić information content (AvgIpc) is 3.37. The molecule has 0 amide bonds. The van der Waals surface area contributed by atoms with Crippen LogP contribution in [0.15, 0.2) is 156 Å². The van der Waals surface area contributed by atoms with Gasteiger partial charge in [0.25, 0.3) is 0 Å². The molecule has 0 aliphatic rings. The molecule has 0 bridgehead atoms. The number of anilines is 3. The Hall–Kier alpha value is -5.08. The first-order chi connectivity index (χ1) is 19.3. The van der Waals surface area contributed by atoms with Gasteiger partial charge < -0.3 is 9.32 Å². The maximum Gasteiger partial charge on any atom is 0.135 e. The summed E-state index contributed by atoms with van der Waals surface area (Å²) in [4.78, 5) is 2.30. The molecular weight excluding hydrogens is 474 g/mol. The monoisotopic (exact) mass is 501 g/mol. The summed E-state index contributed by atoms with van der Waals surface area (Å²) >= 11 is 0. The third-order valence-electron chi connectivity index (χ3n) is 7.30. The fraction of sp³-hybridized carbons (Fsp3) is 0.0270. The van der Waals surface area contributed by atoms with Gasteiger partial charge in [0, 0.05) is 27.8 Å². The van der Waals surface area contributed by atoms with Gasteiger partial charge in [0.2, 0.25) is 0 Å². The van der Waals surface area contributed by atoms with Crippen LogP contribution in [0, 0.1) is 0 Å². The molecule has 2 heteroatoms. The number of nitrogens with zero attached hydrogens (tertiary/aromatic N) is 1. The zero-order valence-electron chi connectivity index (χ0n) is 21.5. The van der Waals surface area contributed by atoms with Crippen molar-refractivity contribution in [3.8, 4) is 11.1 Å². The van der Waals surface area contributed by atoms with Crippen molar-refractivity contribution in [3.05, 3.63) is 163 Å².